The zero-order chi connectivity index (χ0) is 21.5. The Balaban J connectivity index is 1.72. The highest BCUT2D eigenvalue weighted by Gasteiger charge is 2.45. The van der Waals surface area contributed by atoms with Gasteiger partial charge in [0.1, 0.15) is 23.7 Å². The minimum Gasteiger partial charge on any atom is -0.497 e. The van der Waals surface area contributed by atoms with Crippen LogP contribution >= 0.6 is 11.6 Å². The van der Waals surface area contributed by atoms with E-state index in [1.165, 1.54) is 6.33 Å². The van der Waals surface area contributed by atoms with Gasteiger partial charge in [-0.25, -0.2) is 9.97 Å². The topological polar surface area (TPSA) is 93.4 Å². The van der Waals surface area contributed by atoms with Gasteiger partial charge in [-0.15, -0.1) is 0 Å². The van der Waals surface area contributed by atoms with Crippen LogP contribution in [-0.4, -0.2) is 27.9 Å². The van der Waals surface area contributed by atoms with Crippen LogP contribution in [0.4, 0.5) is 17.3 Å². The van der Waals surface area contributed by atoms with E-state index in [1.807, 2.05) is 49.1 Å². The van der Waals surface area contributed by atoms with E-state index in [2.05, 4.69) is 15.3 Å². The van der Waals surface area contributed by atoms with Crippen molar-refractivity contribution in [2.24, 2.45) is 0 Å². The number of aromatic nitrogens is 2. The summed E-state index contributed by atoms with van der Waals surface area (Å²) in [6.45, 7) is 4.47. The molecule has 2 heterocycles. The number of nitrogens with one attached hydrogen (secondary N) is 1. The van der Waals surface area contributed by atoms with E-state index < -0.39 is 5.54 Å². The van der Waals surface area contributed by atoms with Crippen molar-refractivity contribution in [1.82, 2.24) is 14.9 Å². The van der Waals surface area contributed by atoms with Crippen molar-refractivity contribution in [3.05, 3.63) is 70.5 Å². The molecule has 8 heteroatoms. The number of nitrogen functional groups attached to an aromatic ring is 1. The van der Waals surface area contributed by atoms with Crippen molar-refractivity contribution in [2.45, 2.75) is 25.9 Å². The summed E-state index contributed by atoms with van der Waals surface area (Å²) in [4.78, 5) is 23.3. The first-order valence-electron chi connectivity index (χ1n) is 9.43. The third-order valence-electron chi connectivity index (χ3n) is 5.35. The number of nitrogens with zero attached hydrogens (tertiary/aromatic N) is 3. The smallest absolute Gasteiger partial charge is 0.256 e. The minimum atomic E-state index is -0.599. The summed E-state index contributed by atoms with van der Waals surface area (Å²) < 4.78 is 5.22. The number of carbonyl (C=O) groups excluding carboxylic acids is 1. The molecular formula is C22H22ClN5O2. The monoisotopic (exact) mass is 423 g/mol. The zero-order valence-electron chi connectivity index (χ0n) is 16.9. The van der Waals surface area contributed by atoms with E-state index in [0.29, 0.717) is 28.8 Å². The van der Waals surface area contributed by atoms with Gasteiger partial charge < -0.3 is 20.7 Å². The Labute approximate surface area is 179 Å². The van der Waals surface area contributed by atoms with Gasteiger partial charge >= 0.3 is 0 Å². The molecule has 0 atom stereocenters. The second-order valence-electron chi connectivity index (χ2n) is 7.60. The molecule has 0 spiro atoms. The van der Waals surface area contributed by atoms with Crippen LogP contribution < -0.4 is 15.8 Å². The van der Waals surface area contributed by atoms with E-state index in [1.54, 1.807) is 19.2 Å². The van der Waals surface area contributed by atoms with Gasteiger partial charge in [0.05, 0.1) is 23.2 Å². The molecule has 30 heavy (non-hydrogen) atoms. The van der Waals surface area contributed by atoms with Crippen LogP contribution in [-0.2, 0) is 12.1 Å². The lowest BCUT2D eigenvalue weighted by molar-refractivity contribution is 0.0596. The largest absolute Gasteiger partial charge is 0.497 e. The molecule has 154 valence electrons. The van der Waals surface area contributed by atoms with Crippen LogP contribution in [0, 0.1) is 0 Å². The molecule has 4 rings (SSSR count). The minimum absolute atomic E-state index is 0.110. The summed E-state index contributed by atoms with van der Waals surface area (Å²) in [6.07, 6.45) is 1.39. The normalized spacial score (nSPS) is 14.5. The Morgan fingerprint density at radius 2 is 1.90 bits per heavy atom. The van der Waals surface area contributed by atoms with Crippen molar-refractivity contribution in [3.63, 3.8) is 0 Å². The maximum absolute atomic E-state index is 13.4. The third kappa shape index (κ3) is 3.41. The molecule has 0 bridgehead atoms. The first-order valence-corrected chi connectivity index (χ1v) is 9.81. The highest BCUT2D eigenvalue weighted by Crippen LogP contribution is 2.46. The number of fused-ring (bicyclic) bond motifs is 1. The summed E-state index contributed by atoms with van der Waals surface area (Å²) in [5, 5.41) is 3.69. The third-order valence-corrected chi connectivity index (χ3v) is 5.67. The molecule has 1 aliphatic heterocycles. The van der Waals surface area contributed by atoms with Gasteiger partial charge in [0.15, 0.2) is 0 Å². The molecule has 3 aromatic rings. The number of halogens is 1. The quantitative estimate of drug-likeness (QED) is 0.633. The van der Waals surface area contributed by atoms with Crippen LogP contribution in [0.1, 0.15) is 35.3 Å². The Hall–Kier alpha value is -3.32. The van der Waals surface area contributed by atoms with Crippen molar-refractivity contribution in [1.29, 1.82) is 0 Å². The van der Waals surface area contributed by atoms with Crippen LogP contribution in [0.2, 0.25) is 5.02 Å². The lowest BCUT2D eigenvalue weighted by Gasteiger charge is -2.33. The average molecular weight is 424 g/mol. The number of anilines is 3. The first-order chi connectivity index (χ1) is 14.3. The first kappa shape index (κ1) is 20.0. The van der Waals surface area contributed by atoms with Crippen LogP contribution in [0.3, 0.4) is 0 Å². The molecule has 1 aromatic heterocycles. The maximum Gasteiger partial charge on any atom is 0.256 e. The predicted octanol–water partition coefficient (Wildman–Crippen LogP) is 4.36. The van der Waals surface area contributed by atoms with E-state index in [4.69, 9.17) is 22.1 Å². The number of hydrogen-bond acceptors (Lipinski definition) is 6. The Bertz CT molecular complexity index is 1120. The molecule has 0 fully saturated rings. The number of benzene rings is 2. The summed E-state index contributed by atoms with van der Waals surface area (Å²) in [7, 11) is 1.63. The van der Waals surface area contributed by atoms with E-state index in [9.17, 15) is 4.79 Å². The number of methoxy groups -OCH3 is 1. The number of nitrogens with two attached hydrogens (primary N) is 1. The van der Waals surface area contributed by atoms with E-state index in [-0.39, 0.29) is 5.91 Å². The fourth-order valence-electron chi connectivity index (χ4n) is 3.81. The predicted molar refractivity (Wildman–Crippen MR) is 117 cm³/mol. The highest BCUT2D eigenvalue weighted by molar-refractivity contribution is 6.34. The molecule has 3 N–H and O–H groups in total. The Morgan fingerprint density at radius 1 is 1.17 bits per heavy atom. The second-order valence-corrected chi connectivity index (χ2v) is 8.00. The van der Waals surface area contributed by atoms with Crippen LogP contribution in [0.5, 0.6) is 5.75 Å². The van der Waals surface area contributed by atoms with Crippen molar-refractivity contribution in [3.8, 4) is 5.75 Å². The second kappa shape index (κ2) is 7.50. The maximum atomic E-state index is 13.4. The van der Waals surface area contributed by atoms with Crippen molar-refractivity contribution < 1.29 is 9.53 Å². The molecule has 1 aliphatic rings. The summed E-state index contributed by atoms with van der Waals surface area (Å²) in [6, 6.07) is 12.9. The molecule has 0 radical (unpaired) electrons. The van der Waals surface area contributed by atoms with Crippen LogP contribution in [0.25, 0.3) is 0 Å². The van der Waals surface area contributed by atoms with E-state index in [0.717, 1.165) is 22.6 Å². The molecule has 0 saturated carbocycles. The number of amides is 1. The zero-order valence-corrected chi connectivity index (χ0v) is 17.7. The number of carbonyl (C=O) groups is 1. The highest BCUT2D eigenvalue weighted by atomic mass is 35.5. The van der Waals surface area contributed by atoms with Gasteiger partial charge in [-0.05, 0) is 43.7 Å². The van der Waals surface area contributed by atoms with Gasteiger partial charge in [0.25, 0.3) is 5.91 Å². The van der Waals surface area contributed by atoms with Gasteiger partial charge in [0.2, 0.25) is 0 Å². The van der Waals surface area contributed by atoms with Gasteiger partial charge in [-0.2, -0.15) is 0 Å². The lowest BCUT2D eigenvalue weighted by Crippen LogP contribution is -2.38. The average Bonchev–Trinajstić information content (AvgIpc) is 2.92. The molecule has 2 aromatic carbocycles. The molecular weight excluding hydrogens is 402 g/mol. The molecule has 7 nitrogen and oxygen atoms in total. The summed E-state index contributed by atoms with van der Waals surface area (Å²) >= 11 is 6.46. The summed E-state index contributed by atoms with van der Waals surface area (Å²) in [5.74, 6) is 1.56. The molecule has 0 unspecified atom stereocenters. The van der Waals surface area contributed by atoms with Crippen molar-refractivity contribution in [2.75, 3.05) is 18.2 Å². The fourth-order valence-corrected chi connectivity index (χ4v) is 4.05. The van der Waals surface area contributed by atoms with Gasteiger partial charge in [-0.1, -0.05) is 23.7 Å². The van der Waals surface area contributed by atoms with Crippen LogP contribution in [0.15, 0.2) is 48.8 Å². The van der Waals surface area contributed by atoms with E-state index >= 15 is 0 Å². The summed E-state index contributed by atoms with van der Waals surface area (Å²) in [5.41, 5.74) is 8.25. The number of hydrogen-bond donors (Lipinski definition) is 2. The number of rotatable bonds is 5. The van der Waals surface area contributed by atoms with Gasteiger partial charge in [0, 0.05) is 23.9 Å². The molecule has 0 saturated heterocycles. The van der Waals surface area contributed by atoms with Crippen molar-refractivity contribution >= 4 is 34.8 Å². The standard InChI is InChI=1S/C22H22ClN5O2/c1-22(2)20-16(27-18-10-17(24)25-12-26-18)9-8-15(23)19(20)21(29)28(22)11-13-4-6-14(30-3)7-5-13/h4-10,12H,11H2,1-3H3,(H3,24,25,26,27). The Kier molecular flexibility index (Phi) is 4.99. The SMILES string of the molecule is COc1ccc(CN2C(=O)c3c(Cl)ccc(Nc4cc(N)ncn4)c3C2(C)C)cc1. The van der Waals surface area contributed by atoms with Gasteiger partial charge in [-0.3, -0.25) is 4.79 Å². The number of ether oxygens (including phenoxy) is 1. The lowest BCUT2D eigenvalue weighted by atomic mass is 9.91. The Morgan fingerprint density at radius 3 is 2.57 bits per heavy atom. The molecule has 0 aliphatic carbocycles. The fraction of sp³-hybridized carbons (Fsp3) is 0.227. The molecule has 1 amide bonds.